The molecule has 2 rings (SSSR count). The lowest BCUT2D eigenvalue weighted by Crippen LogP contribution is -1.16. The molecule has 4 heteroatoms. The molecule has 2 heterocycles. The number of hydrogen-bond donors (Lipinski definition) is 0. The molecular formula is C8H10Cl2S2. The summed E-state index contributed by atoms with van der Waals surface area (Å²) in [6.07, 6.45) is 0. The Labute approximate surface area is 93.1 Å². The van der Waals surface area contributed by atoms with Crippen molar-refractivity contribution in [3.63, 3.8) is 0 Å². The Kier molecular flexibility index (Phi) is 13.3. The van der Waals surface area contributed by atoms with Crippen LogP contribution in [0.15, 0.2) is 45.8 Å². The zero-order valence-corrected chi connectivity index (χ0v) is 9.52. The van der Waals surface area contributed by atoms with Crippen LogP contribution in [0, 0.1) is 0 Å². The SMILES string of the molecule is Cl.Cl.c1ccsc1.c1ccsc1. The van der Waals surface area contributed by atoms with Gasteiger partial charge in [0.15, 0.2) is 0 Å². The van der Waals surface area contributed by atoms with Crippen LogP contribution in [0.25, 0.3) is 0 Å². The van der Waals surface area contributed by atoms with Crippen LogP contribution in [0.3, 0.4) is 0 Å². The van der Waals surface area contributed by atoms with Crippen LogP contribution in [0.5, 0.6) is 0 Å². The van der Waals surface area contributed by atoms with E-state index in [1.807, 2.05) is 45.8 Å². The molecule has 0 bridgehead atoms. The number of halogens is 2. The standard InChI is InChI=1S/2C4H4S.2ClH/c2*1-2-4-5-3-1;;/h2*1-4H;2*1H. The summed E-state index contributed by atoms with van der Waals surface area (Å²) < 4.78 is 0. The fraction of sp³-hybridized carbons (Fsp3) is 0. The van der Waals surface area contributed by atoms with Gasteiger partial charge >= 0.3 is 0 Å². The molecule has 0 aromatic carbocycles. The molecule has 0 unspecified atom stereocenters. The number of rotatable bonds is 0. The fourth-order valence-electron chi connectivity index (χ4n) is 0.454. The minimum atomic E-state index is 0. The van der Waals surface area contributed by atoms with Crippen molar-refractivity contribution in [3.05, 3.63) is 45.8 Å². The van der Waals surface area contributed by atoms with Crippen molar-refractivity contribution in [3.8, 4) is 0 Å². The van der Waals surface area contributed by atoms with E-state index in [1.54, 1.807) is 22.7 Å². The second kappa shape index (κ2) is 11.0. The summed E-state index contributed by atoms with van der Waals surface area (Å²) in [4.78, 5) is 0. The predicted molar refractivity (Wildman–Crippen MR) is 63.1 cm³/mol. The lowest BCUT2D eigenvalue weighted by Gasteiger charge is -1.39. The van der Waals surface area contributed by atoms with E-state index in [4.69, 9.17) is 0 Å². The quantitative estimate of drug-likeness (QED) is 0.643. The Morgan fingerprint density at radius 3 is 0.833 bits per heavy atom. The first-order valence-electron chi connectivity index (χ1n) is 2.94. The molecule has 12 heavy (non-hydrogen) atoms. The Bertz CT molecular complexity index is 154. The molecule has 0 aliphatic rings. The van der Waals surface area contributed by atoms with Crippen LogP contribution >= 0.6 is 47.5 Å². The average Bonchev–Trinajstić information content (AvgIpc) is 2.67. The highest BCUT2D eigenvalue weighted by Crippen LogP contribution is 1.92. The first-order chi connectivity index (χ1) is 5.00. The van der Waals surface area contributed by atoms with Gasteiger partial charge < -0.3 is 0 Å². The summed E-state index contributed by atoms with van der Waals surface area (Å²) in [5.41, 5.74) is 0. The summed E-state index contributed by atoms with van der Waals surface area (Å²) in [6.45, 7) is 0. The maximum Gasteiger partial charge on any atom is -0.00934 e. The molecule has 0 nitrogen and oxygen atoms in total. The highest BCUT2D eigenvalue weighted by Gasteiger charge is 1.59. The molecule has 68 valence electrons. The highest BCUT2D eigenvalue weighted by atomic mass is 35.5. The van der Waals surface area contributed by atoms with Gasteiger partial charge in [0.1, 0.15) is 0 Å². The Morgan fingerprint density at radius 2 is 0.750 bits per heavy atom. The third-order valence-electron chi connectivity index (χ3n) is 0.851. The Balaban J connectivity index is 0. The summed E-state index contributed by atoms with van der Waals surface area (Å²) in [7, 11) is 0. The van der Waals surface area contributed by atoms with Crippen molar-refractivity contribution in [2.45, 2.75) is 0 Å². The van der Waals surface area contributed by atoms with Crippen molar-refractivity contribution in [1.29, 1.82) is 0 Å². The van der Waals surface area contributed by atoms with Gasteiger partial charge in [0.05, 0.1) is 0 Å². The average molecular weight is 241 g/mol. The Hall–Kier alpha value is -0.0200. The molecular weight excluding hydrogens is 231 g/mol. The van der Waals surface area contributed by atoms with E-state index in [9.17, 15) is 0 Å². The van der Waals surface area contributed by atoms with Crippen molar-refractivity contribution in [2.24, 2.45) is 0 Å². The third-order valence-corrected chi connectivity index (χ3v) is 2.11. The molecule has 0 aliphatic heterocycles. The molecule has 0 fully saturated rings. The van der Waals surface area contributed by atoms with Gasteiger partial charge in [-0.15, -0.1) is 24.8 Å². The van der Waals surface area contributed by atoms with E-state index in [2.05, 4.69) is 0 Å². The number of thiophene rings is 2. The predicted octanol–water partition coefficient (Wildman–Crippen LogP) is 4.34. The molecule has 0 spiro atoms. The lowest BCUT2D eigenvalue weighted by molar-refractivity contribution is 2.03. The summed E-state index contributed by atoms with van der Waals surface area (Å²) in [5, 5.41) is 8.17. The monoisotopic (exact) mass is 240 g/mol. The molecule has 0 radical (unpaired) electrons. The maximum absolute atomic E-state index is 2.04. The van der Waals surface area contributed by atoms with Crippen LogP contribution in [0.4, 0.5) is 0 Å². The van der Waals surface area contributed by atoms with Gasteiger partial charge in [0.2, 0.25) is 0 Å². The molecule has 0 N–H and O–H groups in total. The van der Waals surface area contributed by atoms with Crippen LogP contribution in [-0.2, 0) is 0 Å². The van der Waals surface area contributed by atoms with Crippen molar-refractivity contribution < 1.29 is 0 Å². The second-order valence-corrected chi connectivity index (χ2v) is 3.22. The van der Waals surface area contributed by atoms with E-state index in [0.717, 1.165) is 0 Å². The van der Waals surface area contributed by atoms with Gasteiger partial charge in [0, 0.05) is 0 Å². The molecule has 0 atom stereocenters. The van der Waals surface area contributed by atoms with Gasteiger partial charge in [-0.05, 0) is 21.5 Å². The van der Waals surface area contributed by atoms with Crippen molar-refractivity contribution in [1.82, 2.24) is 0 Å². The van der Waals surface area contributed by atoms with Gasteiger partial charge in [0.25, 0.3) is 0 Å². The van der Waals surface area contributed by atoms with Gasteiger partial charge in [-0.25, -0.2) is 0 Å². The topological polar surface area (TPSA) is 0 Å². The minimum absolute atomic E-state index is 0. The van der Waals surface area contributed by atoms with Crippen LogP contribution in [-0.4, -0.2) is 0 Å². The molecule has 0 aliphatic carbocycles. The maximum atomic E-state index is 2.04. The first-order valence-corrected chi connectivity index (χ1v) is 4.83. The zero-order chi connectivity index (χ0) is 7.07. The zero-order valence-electron chi connectivity index (χ0n) is 6.25. The Morgan fingerprint density at radius 1 is 0.500 bits per heavy atom. The van der Waals surface area contributed by atoms with Crippen LogP contribution in [0.2, 0.25) is 0 Å². The van der Waals surface area contributed by atoms with Crippen molar-refractivity contribution in [2.75, 3.05) is 0 Å². The highest BCUT2D eigenvalue weighted by molar-refractivity contribution is 7.08. The van der Waals surface area contributed by atoms with Crippen LogP contribution < -0.4 is 0 Å². The van der Waals surface area contributed by atoms with Crippen molar-refractivity contribution >= 4 is 47.5 Å². The summed E-state index contributed by atoms with van der Waals surface area (Å²) in [6, 6.07) is 8.07. The van der Waals surface area contributed by atoms with Crippen LogP contribution in [0.1, 0.15) is 0 Å². The molecule has 0 saturated heterocycles. The van der Waals surface area contributed by atoms with Gasteiger partial charge in [-0.2, -0.15) is 22.7 Å². The van der Waals surface area contributed by atoms with Gasteiger partial charge in [-0.1, -0.05) is 24.3 Å². The molecule has 0 amide bonds. The van der Waals surface area contributed by atoms with E-state index < -0.39 is 0 Å². The molecule has 2 aromatic heterocycles. The lowest BCUT2D eigenvalue weighted by atomic mass is 10.7. The normalized spacial score (nSPS) is 6.67. The first kappa shape index (κ1) is 14.5. The summed E-state index contributed by atoms with van der Waals surface area (Å²) >= 11 is 3.43. The van der Waals surface area contributed by atoms with E-state index >= 15 is 0 Å². The third kappa shape index (κ3) is 8.08. The smallest absolute Gasteiger partial charge is 0.00934 e. The summed E-state index contributed by atoms with van der Waals surface area (Å²) in [5.74, 6) is 0. The van der Waals surface area contributed by atoms with E-state index in [-0.39, 0.29) is 24.8 Å². The van der Waals surface area contributed by atoms with E-state index in [1.165, 1.54) is 0 Å². The van der Waals surface area contributed by atoms with Gasteiger partial charge in [-0.3, -0.25) is 0 Å². The minimum Gasteiger partial charge on any atom is -0.152 e. The molecule has 0 saturated carbocycles. The van der Waals surface area contributed by atoms with E-state index in [0.29, 0.717) is 0 Å². The largest absolute Gasteiger partial charge is 0.152 e. The number of hydrogen-bond acceptors (Lipinski definition) is 2. The fourth-order valence-corrected chi connectivity index (χ4v) is 1.36. The second-order valence-electron chi connectivity index (χ2n) is 1.59. The molecule has 2 aromatic rings.